The Morgan fingerprint density at radius 1 is 1.38 bits per heavy atom. The van der Waals surface area contributed by atoms with Gasteiger partial charge in [-0.2, -0.15) is 5.10 Å². The van der Waals surface area contributed by atoms with Crippen LogP contribution in [0.5, 0.6) is 0 Å². The van der Waals surface area contributed by atoms with Crippen molar-refractivity contribution in [3.05, 3.63) is 35.5 Å². The lowest BCUT2D eigenvalue weighted by Crippen LogP contribution is -2.03. The Labute approximate surface area is 126 Å². The first kappa shape index (κ1) is 13.8. The molecule has 0 amide bonds. The van der Waals surface area contributed by atoms with Crippen LogP contribution in [0.1, 0.15) is 21.7 Å². The number of aromatic amines is 1. The maximum Gasteiger partial charge on any atom is 0.174 e. The van der Waals surface area contributed by atoms with Crippen LogP contribution in [-0.2, 0) is 7.05 Å². The second-order valence-electron chi connectivity index (χ2n) is 4.89. The van der Waals surface area contributed by atoms with Crippen molar-refractivity contribution in [3.8, 4) is 0 Å². The van der Waals surface area contributed by atoms with Gasteiger partial charge in [0, 0.05) is 24.0 Å². The molecule has 108 valence electrons. The predicted molar refractivity (Wildman–Crippen MR) is 81.6 cm³/mol. The number of H-pyrrole nitrogens is 1. The minimum absolute atomic E-state index is 0.0949. The normalized spacial score (nSPS) is 11.2. The van der Waals surface area contributed by atoms with Crippen molar-refractivity contribution >= 4 is 28.6 Å². The summed E-state index contributed by atoms with van der Waals surface area (Å²) in [5.74, 6) is 0.441. The largest absolute Gasteiger partial charge is 0.362 e. The van der Waals surface area contributed by atoms with Crippen molar-refractivity contribution in [2.75, 3.05) is 5.75 Å². The second kappa shape index (κ2) is 5.33. The van der Waals surface area contributed by atoms with E-state index < -0.39 is 0 Å². The maximum absolute atomic E-state index is 12.3. The van der Waals surface area contributed by atoms with Crippen molar-refractivity contribution in [3.63, 3.8) is 0 Å². The van der Waals surface area contributed by atoms with Crippen LogP contribution in [0.3, 0.4) is 0 Å². The number of fused-ring (bicyclic) bond motifs is 1. The molecule has 0 bridgehead atoms. The van der Waals surface area contributed by atoms with Gasteiger partial charge in [0.25, 0.3) is 0 Å². The number of hydrogen-bond acceptors (Lipinski definition) is 5. The number of thioether (sulfide) groups is 1. The molecule has 21 heavy (non-hydrogen) atoms. The van der Waals surface area contributed by atoms with Crippen molar-refractivity contribution < 1.29 is 4.79 Å². The van der Waals surface area contributed by atoms with Crippen molar-refractivity contribution in [1.29, 1.82) is 0 Å². The Balaban J connectivity index is 1.80. The van der Waals surface area contributed by atoms with Gasteiger partial charge in [-0.1, -0.05) is 11.8 Å². The topological polar surface area (TPSA) is 76.5 Å². The first-order valence-electron chi connectivity index (χ1n) is 6.51. The molecule has 0 aliphatic rings. The lowest BCUT2D eigenvalue weighted by molar-refractivity contribution is 0.102. The van der Waals surface area contributed by atoms with Gasteiger partial charge in [-0.05, 0) is 19.9 Å². The van der Waals surface area contributed by atoms with E-state index in [2.05, 4.69) is 20.1 Å². The summed E-state index contributed by atoms with van der Waals surface area (Å²) in [5, 5.41) is 5.83. The van der Waals surface area contributed by atoms with Crippen LogP contribution in [0.25, 0.3) is 11.0 Å². The van der Waals surface area contributed by atoms with Crippen molar-refractivity contribution in [2.24, 2.45) is 7.05 Å². The molecule has 0 fully saturated rings. The standard InChI is InChI=1S/C14H15N5OS/c1-8-4-10(9(2)18-8)12(20)6-21-14-11-5-17-19(3)13(11)15-7-16-14/h4-5,7,18H,6H2,1-3H3. The number of nitrogens with zero attached hydrogens (tertiary/aromatic N) is 4. The summed E-state index contributed by atoms with van der Waals surface area (Å²) in [5.41, 5.74) is 3.43. The van der Waals surface area contributed by atoms with Gasteiger partial charge in [-0.25, -0.2) is 9.97 Å². The van der Waals surface area contributed by atoms with Crippen LogP contribution >= 0.6 is 11.8 Å². The minimum atomic E-state index is 0.0949. The van der Waals surface area contributed by atoms with Crippen LogP contribution in [0, 0.1) is 13.8 Å². The van der Waals surface area contributed by atoms with E-state index >= 15 is 0 Å². The molecule has 3 aromatic heterocycles. The van der Waals surface area contributed by atoms with Gasteiger partial charge in [0.1, 0.15) is 11.4 Å². The fraction of sp³-hybridized carbons (Fsp3) is 0.286. The summed E-state index contributed by atoms with van der Waals surface area (Å²) in [6, 6.07) is 1.89. The Kier molecular flexibility index (Phi) is 3.50. The highest BCUT2D eigenvalue weighted by atomic mass is 32.2. The molecule has 3 aromatic rings. The zero-order valence-electron chi connectivity index (χ0n) is 12.0. The van der Waals surface area contributed by atoms with E-state index in [9.17, 15) is 4.79 Å². The van der Waals surface area contributed by atoms with Gasteiger partial charge in [0.2, 0.25) is 0 Å². The molecule has 0 atom stereocenters. The summed E-state index contributed by atoms with van der Waals surface area (Å²) in [6.07, 6.45) is 3.23. The van der Waals surface area contributed by atoms with E-state index in [1.165, 1.54) is 18.1 Å². The molecule has 0 aliphatic heterocycles. The average molecular weight is 301 g/mol. The smallest absolute Gasteiger partial charge is 0.174 e. The predicted octanol–water partition coefficient (Wildman–Crippen LogP) is 2.28. The molecule has 3 heterocycles. The van der Waals surface area contributed by atoms with E-state index in [0.717, 1.165) is 33.0 Å². The molecule has 6 nitrogen and oxygen atoms in total. The third kappa shape index (κ3) is 2.56. The number of carbonyl (C=O) groups excluding carboxylic acids is 1. The summed E-state index contributed by atoms with van der Waals surface area (Å²) in [4.78, 5) is 23.9. The van der Waals surface area contributed by atoms with Crippen LogP contribution in [0.2, 0.25) is 0 Å². The molecular formula is C14H15N5OS. The molecule has 0 aromatic carbocycles. The second-order valence-corrected chi connectivity index (χ2v) is 5.85. The molecule has 0 radical (unpaired) electrons. The molecule has 0 spiro atoms. The Hall–Kier alpha value is -2.15. The first-order valence-corrected chi connectivity index (χ1v) is 7.49. The number of carbonyl (C=O) groups is 1. The fourth-order valence-corrected chi connectivity index (χ4v) is 3.13. The van der Waals surface area contributed by atoms with Gasteiger partial charge in [0.05, 0.1) is 17.3 Å². The number of rotatable bonds is 4. The molecule has 0 saturated carbocycles. The van der Waals surface area contributed by atoms with E-state index in [-0.39, 0.29) is 5.78 Å². The van der Waals surface area contributed by atoms with Crippen LogP contribution < -0.4 is 0 Å². The fourth-order valence-electron chi connectivity index (χ4n) is 2.28. The van der Waals surface area contributed by atoms with Crippen LogP contribution in [-0.4, -0.2) is 36.3 Å². The molecule has 0 saturated heterocycles. The zero-order chi connectivity index (χ0) is 15.0. The molecule has 3 rings (SSSR count). The molecule has 0 unspecified atom stereocenters. The lowest BCUT2D eigenvalue weighted by atomic mass is 10.2. The first-order chi connectivity index (χ1) is 10.1. The summed E-state index contributed by atoms with van der Waals surface area (Å²) in [7, 11) is 1.83. The number of aryl methyl sites for hydroxylation is 3. The number of hydrogen-bond donors (Lipinski definition) is 1. The van der Waals surface area contributed by atoms with Gasteiger partial charge in [-0.15, -0.1) is 0 Å². The summed E-state index contributed by atoms with van der Waals surface area (Å²) in [6.45, 7) is 3.86. The average Bonchev–Trinajstić information content (AvgIpc) is 3.00. The maximum atomic E-state index is 12.3. The molecular weight excluding hydrogens is 286 g/mol. The van der Waals surface area contributed by atoms with E-state index in [1.54, 1.807) is 10.9 Å². The van der Waals surface area contributed by atoms with Crippen LogP contribution in [0.4, 0.5) is 0 Å². The molecule has 7 heteroatoms. The number of aromatic nitrogens is 5. The summed E-state index contributed by atoms with van der Waals surface area (Å²) < 4.78 is 1.70. The van der Waals surface area contributed by atoms with Gasteiger partial charge in [0.15, 0.2) is 11.4 Å². The van der Waals surface area contributed by atoms with E-state index in [1.807, 2.05) is 27.0 Å². The van der Waals surface area contributed by atoms with Gasteiger partial charge < -0.3 is 4.98 Å². The Bertz CT molecular complexity index is 820. The molecule has 0 aliphatic carbocycles. The van der Waals surface area contributed by atoms with Crippen molar-refractivity contribution in [2.45, 2.75) is 18.9 Å². The minimum Gasteiger partial charge on any atom is -0.362 e. The monoisotopic (exact) mass is 301 g/mol. The third-order valence-electron chi connectivity index (χ3n) is 3.28. The Morgan fingerprint density at radius 3 is 2.90 bits per heavy atom. The van der Waals surface area contributed by atoms with Crippen molar-refractivity contribution in [1.82, 2.24) is 24.7 Å². The quantitative estimate of drug-likeness (QED) is 0.454. The highest BCUT2D eigenvalue weighted by molar-refractivity contribution is 8.00. The van der Waals surface area contributed by atoms with E-state index in [0.29, 0.717) is 5.75 Å². The van der Waals surface area contributed by atoms with E-state index in [4.69, 9.17) is 0 Å². The molecule has 1 N–H and O–H groups in total. The highest BCUT2D eigenvalue weighted by Gasteiger charge is 2.14. The van der Waals surface area contributed by atoms with Crippen LogP contribution in [0.15, 0.2) is 23.6 Å². The SMILES string of the molecule is Cc1cc(C(=O)CSc2ncnc3c2cnn3C)c(C)[nH]1. The zero-order valence-corrected chi connectivity index (χ0v) is 12.9. The van der Waals surface area contributed by atoms with Gasteiger partial charge >= 0.3 is 0 Å². The number of Topliss-reactive ketones (excluding diaryl/α,β-unsaturated/α-hetero) is 1. The van der Waals surface area contributed by atoms with Gasteiger partial charge in [-0.3, -0.25) is 9.48 Å². The lowest BCUT2D eigenvalue weighted by Gasteiger charge is -2.02. The highest BCUT2D eigenvalue weighted by Crippen LogP contribution is 2.25. The number of nitrogens with one attached hydrogen (secondary N) is 1. The number of ketones is 1. The Morgan fingerprint density at radius 2 is 2.19 bits per heavy atom. The summed E-state index contributed by atoms with van der Waals surface area (Å²) >= 11 is 1.42. The third-order valence-corrected chi connectivity index (χ3v) is 4.29.